The van der Waals surface area contributed by atoms with E-state index >= 15 is 0 Å². The summed E-state index contributed by atoms with van der Waals surface area (Å²) in [4.78, 5) is 30.6. The first-order valence-corrected chi connectivity index (χ1v) is 9.75. The molecule has 1 fully saturated rings. The smallest absolute Gasteiger partial charge is 0.260 e. The number of pyridine rings is 1. The molecule has 1 aromatic carbocycles. The number of benzene rings is 1. The van der Waals surface area contributed by atoms with Gasteiger partial charge in [0.25, 0.3) is 5.91 Å². The first kappa shape index (κ1) is 19.9. The van der Waals surface area contributed by atoms with Gasteiger partial charge >= 0.3 is 0 Å². The Kier molecular flexibility index (Phi) is 6.63. The van der Waals surface area contributed by atoms with Crippen LogP contribution in [-0.4, -0.2) is 41.4 Å². The summed E-state index contributed by atoms with van der Waals surface area (Å²) in [6.07, 6.45) is 2.94. The van der Waals surface area contributed by atoms with Crippen molar-refractivity contribution < 1.29 is 14.3 Å². The maximum absolute atomic E-state index is 12.4. The molecule has 0 radical (unpaired) electrons. The molecule has 1 N–H and O–H groups in total. The molecule has 0 atom stereocenters. The van der Waals surface area contributed by atoms with Gasteiger partial charge in [-0.2, -0.15) is 0 Å². The lowest BCUT2D eigenvalue weighted by atomic mass is 9.96. The third kappa shape index (κ3) is 5.31. The first-order chi connectivity index (χ1) is 13.5. The van der Waals surface area contributed by atoms with Gasteiger partial charge in [0.05, 0.1) is 0 Å². The number of likely N-dealkylation sites (tertiary alicyclic amines) is 1. The largest absolute Gasteiger partial charge is 0.484 e. The Morgan fingerprint density at radius 2 is 1.86 bits per heavy atom. The van der Waals surface area contributed by atoms with Crippen LogP contribution in [0.1, 0.15) is 38.2 Å². The number of rotatable bonds is 6. The Morgan fingerprint density at radius 1 is 1.14 bits per heavy atom. The Hall–Kier alpha value is -2.89. The molecular formula is C22H27N3O3. The van der Waals surface area contributed by atoms with Gasteiger partial charge < -0.3 is 15.0 Å². The van der Waals surface area contributed by atoms with E-state index in [0.717, 1.165) is 0 Å². The molecule has 2 heterocycles. The molecule has 28 heavy (non-hydrogen) atoms. The van der Waals surface area contributed by atoms with E-state index in [4.69, 9.17) is 4.74 Å². The Labute approximate surface area is 165 Å². The molecule has 0 bridgehead atoms. The molecule has 0 saturated carbocycles. The number of ether oxygens (including phenoxy) is 1. The Balaban J connectivity index is 1.42. The number of carbonyl (C=O) groups excluding carboxylic acids is 2. The van der Waals surface area contributed by atoms with Crippen molar-refractivity contribution in [2.24, 2.45) is 5.92 Å². The predicted molar refractivity (Wildman–Crippen MR) is 108 cm³/mol. The van der Waals surface area contributed by atoms with Gasteiger partial charge in [-0.3, -0.25) is 9.59 Å². The number of nitrogens with one attached hydrogen (secondary N) is 1. The summed E-state index contributed by atoms with van der Waals surface area (Å²) in [6.45, 7) is 5.43. The molecule has 1 aliphatic rings. The van der Waals surface area contributed by atoms with Gasteiger partial charge in [0.15, 0.2) is 6.61 Å². The van der Waals surface area contributed by atoms with Gasteiger partial charge in [-0.15, -0.1) is 0 Å². The van der Waals surface area contributed by atoms with E-state index in [2.05, 4.69) is 24.1 Å². The van der Waals surface area contributed by atoms with E-state index in [-0.39, 0.29) is 24.3 Å². The first-order valence-electron chi connectivity index (χ1n) is 9.75. The van der Waals surface area contributed by atoms with Crippen LogP contribution in [0.25, 0.3) is 0 Å². The topological polar surface area (TPSA) is 71.5 Å². The predicted octanol–water partition coefficient (Wildman–Crippen LogP) is 3.46. The van der Waals surface area contributed by atoms with Gasteiger partial charge in [-0.25, -0.2) is 4.98 Å². The normalized spacial score (nSPS) is 14.8. The number of carbonyl (C=O) groups is 2. The van der Waals surface area contributed by atoms with Crippen LogP contribution >= 0.6 is 0 Å². The molecule has 148 valence electrons. The monoisotopic (exact) mass is 381 g/mol. The Morgan fingerprint density at radius 3 is 2.46 bits per heavy atom. The average Bonchev–Trinajstić information content (AvgIpc) is 2.73. The minimum Gasteiger partial charge on any atom is -0.484 e. The van der Waals surface area contributed by atoms with Crippen molar-refractivity contribution in [1.29, 1.82) is 0 Å². The molecule has 3 rings (SSSR count). The zero-order chi connectivity index (χ0) is 19.9. The second-order valence-electron chi connectivity index (χ2n) is 7.37. The second-order valence-corrected chi connectivity index (χ2v) is 7.37. The van der Waals surface area contributed by atoms with Crippen molar-refractivity contribution >= 4 is 17.6 Å². The molecule has 0 spiro atoms. The number of anilines is 1. The summed E-state index contributed by atoms with van der Waals surface area (Å²) in [7, 11) is 0. The molecule has 0 aliphatic carbocycles. The molecule has 1 aliphatic heterocycles. The second kappa shape index (κ2) is 9.35. The highest BCUT2D eigenvalue weighted by Gasteiger charge is 2.27. The van der Waals surface area contributed by atoms with Crippen LogP contribution in [0.5, 0.6) is 5.75 Å². The molecule has 1 aromatic heterocycles. The van der Waals surface area contributed by atoms with E-state index in [9.17, 15) is 9.59 Å². The van der Waals surface area contributed by atoms with Crippen molar-refractivity contribution in [3.63, 3.8) is 0 Å². The zero-order valence-electron chi connectivity index (χ0n) is 16.4. The summed E-state index contributed by atoms with van der Waals surface area (Å²) < 4.78 is 5.63. The SMILES string of the molecule is CC(C)c1ccc(OCC(=O)N2CCC(C(=O)Nc3ccccn3)CC2)cc1. The molecule has 0 unspecified atom stereocenters. The summed E-state index contributed by atoms with van der Waals surface area (Å²) in [5, 5.41) is 2.84. The number of piperidine rings is 1. The van der Waals surface area contributed by atoms with Crippen molar-refractivity contribution in [2.75, 3.05) is 25.0 Å². The fourth-order valence-corrected chi connectivity index (χ4v) is 3.24. The molecule has 6 heteroatoms. The number of hydrogen-bond donors (Lipinski definition) is 1. The number of aromatic nitrogens is 1. The van der Waals surface area contributed by atoms with Crippen molar-refractivity contribution in [3.8, 4) is 5.75 Å². The maximum atomic E-state index is 12.4. The minimum atomic E-state index is -0.101. The highest BCUT2D eigenvalue weighted by Crippen LogP contribution is 2.21. The number of amides is 2. The van der Waals surface area contributed by atoms with Crippen LogP contribution in [0.4, 0.5) is 5.82 Å². The van der Waals surface area contributed by atoms with Crippen molar-refractivity contribution in [2.45, 2.75) is 32.6 Å². The number of hydrogen-bond acceptors (Lipinski definition) is 4. The van der Waals surface area contributed by atoms with E-state index in [0.29, 0.717) is 43.4 Å². The van der Waals surface area contributed by atoms with Crippen LogP contribution in [0, 0.1) is 5.92 Å². The van der Waals surface area contributed by atoms with Gasteiger partial charge in [-0.1, -0.05) is 32.0 Å². The maximum Gasteiger partial charge on any atom is 0.260 e. The fraction of sp³-hybridized carbons (Fsp3) is 0.409. The Bertz CT molecular complexity index is 782. The van der Waals surface area contributed by atoms with Gasteiger partial charge in [0.1, 0.15) is 11.6 Å². The van der Waals surface area contributed by atoms with Crippen molar-refractivity contribution in [3.05, 3.63) is 54.2 Å². The molecule has 2 amide bonds. The average molecular weight is 381 g/mol. The van der Waals surface area contributed by atoms with Crippen LogP contribution < -0.4 is 10.1 Å². The standard InChI is InChI=1S/C22H27N3O3/c1-16(2)17-6-8-19(9-7-17)28-15-21(26)25-13-10-18(11-14-25)22(27)24-20-5-3-4-12-23-20/h3-9,12,16,18H,10-11,13-15H2,1-2H3,(H,23,24,27). The summed E-state index contributed by atoms with van der Waals surface area (Å²) >= 11 is 0. The molecule has 1 saturated heterocycles. The molecule has 2 aromatic rings. The van der Waals surface area contributed by atoms with Crippen LogP contribution in [-0.2, 0) is 9.59 Å². The quantitative estimate of drug-likeness (QED) is 0.832. The van der Waals surface area contributed by atoms with E-state index in [1.54, 1.807) is 23.2 Å². The van der Waals surface area contributed by atoms with E-state index in [1.165, 1.54) is 5.56 Å². The number of nitrogens with zero attached hydrogens (tertiary/aromatic N) is 2. The van der Waals surface area contributed by atoms with Crippen LogP contribution in [0.15, 0.2) is 48.7 Å². The van der Waals surface area contributed by atoms with E-state index < -0.39 is 0 Å². The van der Waals surface area contributed by atoms with Gasteiger partial charge in [0, 0.05) is 25.2 Å². The summed E-state index contributed by atoms with van der Waals surface area (Å²) in [5.41, 5.74) is 1.24. The highest BCUT2D eigenvalue weighted by atomic mass is 16.5. The van der Waals surface area contributed by atoms with Crippen molar-refractivity contribution in [1.82, 2.24) is 9.88 Å². The summed E-state index contributed by atoms with van der Waals surface area (Å²) in [6, 6.07) is 13.3. The lowest BCUT2D eigenvalue weighted by Crippen LogP contribution is -2.43. The minimum absolute atomic E-state index is 0.0197. The lowest BCUT2D eigenvalue weighted by Gasteiger charge is -2.31. The zero-order valence-corrected chi connectivity index (χ0v) is 16.4. The van der Waals surface area contributed by atoms with Crippen LogP contribution in [0.3, 0.4) is 0 Å². The fourth-order valence-electron chi connectivity index (χ4n) is 3.24. The van der Waals surface area contributed by atoms with Gasteiger partial charge in [0.2, 0.25) is 5.91 Å². The third-order valence-electron chi connectivity index (χ3n) is 5.04. The van der Waals surface area contributed by atoms with E-state index in [1.807, 2.05) is 30.3 Å². The molecular weight excluding hydrogens is 354 g/mol. The third-order valence-corrected chi connectivity index (χ3v) is 5.04. The summed E-state index contributed by atoms with van der Waals surface area (Å²) in [5.74, 6) is 1.54. The highest BCUT2D eigenvalue weighted by molar-refractivity contribution is 5.91. The van der Waals surface area contributed by atoms with Gasteiger partial charge in [-0.05, 0) is 48.6 Å². The molecule has 6 nitrogen and oxygen atoms in total. The van der Waals surface area contributed by atoms with Crippen LogP contribution in [0.2, 0.25) is 0 Å². The lowest BCUT2D eigenvalue weighted by molar-refractivity contribution is -0.136.